The summed E-state index contributed by atoms with van der Waals surface area (Å²) in [4.78, 5) is 11.9. The van der Waals surface area contributed by atoms with Crippen LogP contribution < -0.4 is 18.9 Å². The molecule has 2 aliphatic rings. The molecule has 8 heteroatoms. The van der Waals surface area contributed by atoms with Gasteiger partial charge in [0.2, 0.25) is 0 Å². The first-order chi connectivity index (χ1) is 17.7. The van der Waals surface area contributed by atoms with Gasteiger partial charge in [-0.15, -0.1) is 0 Å². The second-order valence-corrected chi connectivity index (χ2v) is 11.9. The van der Waals surface area contributed by atoms with E-state index in [2.05, 4.69) is 6.07 Å². The van der Waals surface area contributed by atoms with Crippen molar-refractivity contribution in [2.75, 3.05) is 18.6 Å². The van der Waals surface area contributed by atoms with Crippen molar-refractivity contribution >= 4 is 15.8 Å². The number of ether oxygens (including phenoxy) is 4. The van der Waals surface area contributed by atoms with Crippen LogP contribution in [-0.4, -0.2) is 33.0 Å². The highest BCUT2D eigenvalue weighted by Crippen LogP contribution is 2.42. The number of fused-ring (bicyclic) bond motifs is 3. The molecule has 1 heterocycles. The smallest absolute Gasteiger partial charge is 0.314 e. The Hall–Kier alpha value is -3.52. The van der Waals surface area contributed by atoms with Crippen LogP contribution in [0.15, 0.2) is 54.6 Å². The lowest BCUT2D eigenvalue weighted by Gasteiger charge is -2.24. The molecule has 0 amide bonds. The Bertz CT molecular complexity index is 1420. The van der Waals surface area contributed by atoms with Crippen molar-refractivity contribution in [1.82, 2.24) is 0 Å². The first-order valence-electron chi connectivity index (χ1n) is 12.4. The van der Waals surface area contributed by atoms with Crippen molar-refractivity contribution < 1.29 is 32.2 Å². The molecule has 1 saturated carbocycles. The Morgan fingerprint density at radius 2 is 1.81 bits per heavy atom. The highest BCUT2D eigenvalue weighted by molar-refractivity contribution is 7.90. The molecule has 0 N–H and O–H groups in total. The highest BCUT2D eigenvalue weighted by atomic mass is 32.2. The third kappa shape index (κ3) is 6.43. The largest absolute Gasteiger partial charge is 0.494 e. The predicted molar refractivity (Wildman–Crippen MR) is 140 cm³/mol. The number of carbonyl (C=O) groups is 1. The van der Waals surface area contributed by atoms with Gasteiger partial charge in [0.1, 0.15) is 46.0 Å². The third-order valence-corrected chi connectivity index (χ3v) is 7.39. The molecule has 1 fully saturated rings. The van der Waals surface area contributed by atoms with Crippen LogP contribution in [0.2, 0.25) is 0 Å². The van der Waals surface area contributed by atoms with Gasteiger partial charge in [-0.3, -0.25) is 4.79 Å². The van der Waals surface area contributed by atoms with Gasteiger partial charge >= 0.3 is 5.97 Å². The molecule has 194 valence electrons. The maximum absolute atomic E-state index is 11.9. The summed E-state index contributed by atoms with van der Waals surface area (Å²) >= 11 is 0. The first kappa shape index (κ1) is 25.1. The molecular formula is C29H30O7S. The molecule has 3 aromatic carbocycles. The maximum Gasteiger partial charge on any atom is 0.314 e. The molecule has 5 rings (SSSR count). The Balaban J connectivity index is 1.27. The fraction of sp³-hybridized carbons (Fsp3) is 0.345. The van der Waals surface area contributed by atoms with E-state index in [1.54, 1.807) is 12.1 Å². The molecule has 37 heavy (non-hydrogen) atoms. The second-order valence-electron chi connectivity index (χ2n) is 9.68. The number of benzene rings is 3. The average molecular weight is 523 g/mol. The van der Waals surface area contributed by atoms with Crippen LogP contribution in [0.3, 0.4) is 0 Å². The minimum atomic E-state index is -3.00. The molecule has 0 saturated heterocycles. The average Bonchev–Trinajstić information content (AvgIpc) is 3.70. The molecule has 7 nitrogen and oxygen atoms in total. The standard InChI is InChI=1S/C29H30O7S/c1-19-13-25(33-11-4-12-37(2,31)32)15-22-18-35-27-10-7-20(14-26(27)28(19)22)17-34-23-5-3-6-24(16-23)36-29(30)21-8-9-21/h3,5-7,10,13-16,21H,4,8-9,11-12,17-18H2,1-2H3. The van der Waals surface area contributed by atoms with E-state index in [1.807, 2.05) is 43.3 Å². The van der Waals surface area contributed by atoms with Gasteiger partial charge in [-0.2, -0.15) is 0 Å². The number of rotatable bonds is 10. The fourth-order valence-electron chi connectivity index (χ4n) is 4.37. The van der Waals surface area contributed by atoms with Gasteiger partial charge in [0.25, 0.3) is 0 Å². The molecule has 0 bridgehead atoms. The number of sulfone groups is 1. The van der Waals surface area contributed by atoms with Gasteiger partial charge in [-0.1, -0.05) is 12.1 Å². The fourth-order valence-corrected chi connectivity index (χ4v) is 5.02. The van der Waals surface area contributed by atoms with Crippen molar-refractivity contribution in [3.05, 3.63) is 71.3 Å². The van der Waals surface area contributed by atoms with Crippen molar-refractivity contribution in [2.45, 2.75) is 39.4 Å². The summed E-state index contributed by atoms with van der Waals surface area (Å²) in [5.41, 5.74) is 5.17. The topological polar surface area (TPSA) is 88.1 Å². The molecule has 0 aromatic heterocycles. The lowest BCUT2D eigenvalue weighted by atomic mass is 9.91. The van der Waals surface area contributed by atoms with E-state index >= 15 is 0 Å². The zero-order chi connectivity index (χ0) is 26.0. The zero-order valence-electron chi connectivity index (χ0n) is 21.0. The number of aryl methyl sites for hydroxylation is 1. The van der Waals surface area contributed by atoms with Gasteiger partial charge in [-0.25, -0.2) is 8.42 Å². The predicted octanol–water partition coefficient (Wildman–Crippen LogP) is 5.26. The summed E-state index contributed by atoms with van der Waals surface area (Å²) < 4.78 is 45.9. The quantitative estimate of drug-likeness (QED) is 0.204. The third-order valence-electron chi connectivity index (χ3n) is 6.36. The van der Waals surface area contributed by atoms with Crippen molar-refractivity contribution in [3.8, 4) is 34.1 Å². The summed E-state index contributed by atoms with van der Waals surface area (Å²) in [5.74, 6) is 2.61. The van der Waals surface area contributed by atoms with Crippen molar-refractivity contribution in [2.24, 2.45) is 5.92 Å². The van der Waals surface area contributed by atoms with E-state index in [9.17, 15) is 13.2 Å². The number of carbonyl (C=O) groups excluding carboxylic acids is 1. The Morgan fingerprint density at radius 3 is 2.59 bits per heavy atom. The Labute approximate surface area is 217 Å². The van der Waals surface area contributed by atoms with Crippen LogP contribution >= 0.6 is 0 Å². The normalized spacial score (nSPS) is 14.2. The summed E-state index contributed by atoms with van der Waals surface area (Å²) in [6, 6.07) is 17.1. The van der Waals surface area contributed by atoms with E-state index in [1.165, 1.54) is 6.26 Å². The summed E-state index contributed by atoms with van der Waals surface area (Å²) in [5, 5.41) is 0. The molecule has 0 spiro atoms. The summed E-state index contributed by atoms with van der Waals surface area (Å²) in [7, 11) is -3.00. The Kier molecular flexibility index (Phi) is 7.11. The van der Waals surface area contributed by atoms with Crippen LogP contribution in [0, 0.1) is 12.8 Å². The molecule has 0 unspecified atom stereocenters. The highest BCUT2D eigenvalue weighted by Gasteiger charge is 2.31. The van der Waals surface area contributed by atoms with E-state index in [0.717, 1.165) is 46.4 Å². The van der Waals surface area contributed by atoms with Crippen molar-refractivity contribution in [3.63, 3.8) is 0 Å². The SMILES string of the molecule is Cc1cc(OCCCS(C)(=O)=O)cc2c1-c1cc(COc3cccc(OC(=O)C4CC4)c3)ccc1OC2. The van der Waals surface area contributed by atoms with Gasteiger partial charge in [-0.05, 0) is 79.3 Å². The van der Waals surface area contributed by atoms with Crippen LogP contribution in [0.5, 0.6) is 23.0 Å². The maximum atomic E-state index is 11.9. The van der Waals surface area contributed by atoms with Crippen molar-refractivity contribution in [1.29, 1.82) is 0 Å². The summed E-state index contributed by atoms with van der Waals surface area (Å²) in [6.45, 7) is 3.16. The van der Waals surface area contributed by atoms with Gasteiger partial charge in [0.05, 0.1) is 18.3 Å². The molecule has 1 aliphatic heterocycles. The second kappa shape index (κ2) is 10.5. The van der Waals surface area contributed by atoms with Crippen LogP contribution in [0.25, 0.3) is 11.1 Å². The number of esters is 1. The van der Waals surface area contributed by atoms with Crippen LogP contribution in [0.4, 0.5) is 0 Å². The van der Waals surface area contributed by atoms with E-state index < -0.39 is 9.84 Å². The molecule has 3 aromatic rings. The summed E-state index contributed by atoms with van der Waals surface area (Å²) in [6.07, 6.45) is 3.48. The van der Waals surface area contributed by atoms with E-state index in [0.29, 0.717) is 43.5 Å². The monoisotopic (exact) mass is 522 g/mol. The molecule has 1 aliphatic carbocycles. The van der Waals surface area contributed by atoms with Gasteiger partial charge < -0.3 is 18.9 Å². The molecular weight excluding hydrogens is 492 g/mol. The molecule has 0 radical (unpaired) electrons. The Morgan fingerprint density at radius 1 is 1.00 bits per heavy atom. The minimum absolute atomic E-state index is 0.0381. The lowest BCUT2D eigenvalue weighted by molar-refractivity contribution is -0.135. The van der Waals surface area contributed by atoms with E-state index in [-0.39, 0.29) is 17.6 Å². The van der Waals surface area contributed by atoms with Gasteiger partial charge in [0, 0.05) is 23.4 Å². The lowest BCUT2D eigenvalue weighted by Crippen LogP contribution is -2.10. The van der Waals surface area contributed by atoms with Crippen LogP contribution in [0.1, 0.15) is 36.0 Å². The first-order valence-corrected chi connectivity index (χ1v) is 14.5. The number of hydrogen-bond donors (Lipinski definition) is 0. The zero-order valence-corrected chi connectivity index (χ0v) is 21.8. The minimum Gasteiger partial charge on any atom is -0.494 e. The van der Waals surface area contributed by atoms with Crippen LogP contribution in [-0.2, 0) is 27.8 Å². The van der Waals surface area contributed by atoms with Gasteiger partial charge in [0.15, 0.2) is 0 Å². The number of hydrogen-bond acceptors (Lipinski definition) is 7. The molecule has 0 atom stereocenters. The van der Waals surface area contributed by atoms with E-state index in [4.69, 9.17) is 18.9 Å².